The Morgan fingerprint density at radius 2 is 2.15 bits per heavy atom. The van der Waals surface area contributed by atoms with Gasteiger partial charge in [-0.05, 0) is 25.2 Å². The number of nitrogens with one attached hydrogen (secondary N) is 1. The van der Waals surface area contributed by atoms with Gasteiger partial charge >= 0.3 is 6.18 Å². The maximum Gasteiger partial charge on any atom is 0.416 e. The van der Waals surface area contributed by atoms with E-state index in [0.29, 0.717) is 18.7 Å². The van der Waals surface area contributed by atoms with Crippen molar-refractivity contribution in [2.45, 2.75) is 18.1 Å². The molecule has 1 aromatic carbocycles. The second-order valence-electron chi connectivity index (χ2n) is 4.77. The fourth-order valence-corrected chi connectivity index (χ4v) is 3.46. The zero-order valence-corrected chi connectivity index (χ0v) is 11.5. The summed E-state index contributed by atoms with van der Waals surface area (Å²) in [6.07, 6.45) is -4.33. The minimum Gasteiger partial charge on any atom is -0.379 e. The number of hydrogen-bond donors (Lipinski definition) is 1. The Morgan fingerprint density at radius 1 is 1.35 bits per heavy atom. The van der Waals surface area contributed by atoms with E-state index < -0.39 is 11.7 Å². The number of likely N-dealkylation sites (N-methyl/N-ethyl adjacent to an activating group) is 1. The molecule has 1 N–H and O–H groups in total. The molecule has 1 fully saturated rings. The Balaban J connectivity index is 1.98. The average Bonchev–Trinajstić information content (AvgIpc) is 3.02. The summed E-state index contributed by atoms with van der Waals surface area (Å²) in [7, 11) is 1.85. The smallest absolute Gasteiger partial charge is 0.379 e. The lowest BCUT2D eigenvalue weighted by Gasteiger charge is -2.13. The average molecular weight is 302 g/mol. The molecule has 3 rings (SSSR count). The topological polar surface area (TPSA) is 34.1 Å². The fraction of sp³-hybridized carbons (Fsp3) is 0.462. The third-order valence-corrected chi connectivity index (χ3v) is 4.67. The van der Waals surface area contributed by atoms with E-state index in [1.165, 1.54) is 17.4 Å². The molecular weight excluding hydrogens is 289 g/mol. The molecule has 0 saturated carbocycles. The Bertz CT molecular complexity index is 626. The van der Waals surface area contributed by atoms with Crippen molar-refractivity contribution in [3.8, 4) is 0 Å². The largest absolute Gasteiger partial charge is 0.416 e. The van der Waals surface area contributed by atoms with Crippen LogP contribution < -0.4 is 5.32 Å². The standard InChI is InChI=1S/C13H13F3N2OS/c1-17-10-6-19-5-8(10)12-18-9-4-7(13(14,15)16)2-3-11(9)20-12/h2-4,8,10,17H,5-6H2,1H3. The summed E-state index contributed by atoms with van der Waals surface area (Å²) >= 11 is 1.43. The van der Waals surface area contributed by atoms with Crippen LogP contribution in [0.25, 0.3) is 10.2 Å². The molecule has 108 valence electrons. The second-order valence-corrected chi connectivity index (χ2v) is 5.83. The summed E-state index contributed by atoms with van der Waals surface area (Å²) in [5.74, 6) is 0.103. The van der Waals surface area contributed by atoms with Crippen LogP contribution in [0.3, 0.4) is 0 Å². The zero-order chi connectivity index (χ0) is 14.3. The highest BCUT2D eigenvalue weighted by Crippen LogP contribution is 2.36. The zero-order valence-electron chi connectivity index (χ0n) is 10.7. The number of benzene rings is 1. The molecule has 2 aromatic rings. The van der Waals surface area contributed by atoms with Crippen molar-refractivity contribution < 1.29 is 17.9 Å². The van der Waals surface area contributed by atoms with Gasteiger partial charge in [-0.3, -0.25) is 0 Å². The van der Waals surface area contributed by atoms with E-state index >= 15 is 0 Å². The fourth-order valence-electron chi connectivity index (χ4n) is 2.36. The number of fused-ring (bicyclic) bond motifs is 1. The van der Waals surface area contributed by atoms with E-state index in [1.807, 2.05) is 7.05 Å². The van der Waals surface area contributed by atoms with E-state index in [9.17, 15) is 13.2 Å². The summed E-state index contributed by atoms with van der Waals surface area (Å²) in [5, 5.41) is 3.98. The molecule has 2 unspecified atom stereocenters. The van der Waals surface area contributed by atoms with Crippen molar-refractivity contribution in [3.63, 3.8) is 0 Å². The van der Waals surface area contributed by atoms with Crippen LogP contribution in [-0.4, -0.2) is 31.3 Å². The number of hydrogen-bond acceptors (Lipinski definition) is 4. The molecule has 3 nitrogen and oxygen atoms in total. The van der Waals surface area contributed by atoms with Gasteiger partial charge < -0.3 is 10.1 Å². The van der Waals surface area contributed by atoms with Gasteiger partial charge in [0.05, 0.1) is 34.9 Å². The molecule has 2 atom stereocenters. The Hall–Kier alpha value is -1.18. The monoisotopic (exact) mass is 302 g/mol. The maximum absolute atomic E-state index is 12.7. The summed E-state index contributed by atoms with van der Waals surface area (Å²) in [5.41, 5.74) is -0.253. The molecule has 0 aliphatic carbocycles. The number of aromatic nitrogens is 1. The summed E-state index contributed by atoms with van der Waals surface area (Å²) < 4.78 is 44.2. The van der Waals surface area contributed by atoms with Crippen LogP contribution in [0.1, 0.15) is 16.5 Å². The predicted molar refractivity (Wildman–Crippen MR) is 71.0 cm³/mol. The summed E-state index contributed by atoms with van der Waals surface area (Å²) in [4.78, 5) is 4.37. The summed E-state index contributed by atoms with van der Waals surface area (Å²) in [6.45, 7) is 1.16. The SMILES string of the molecule is CNC1COCC1c1nc2cc(C(F)(F)F)ccc2s1. The minimum absolute atomic E-state index is 0.103. The normalized spacial score (nSPS) is 23.6. The van der Waals surface area contributed by atoms with Crippen LogP contribution in [0.4, 0.5) is 13.2 Å². The van der Waals surface area contributed by atoms with Gasteiger partial charge in [-0.2, -0.15) is 13.2 Å². The Kier molecular flexibility index (Phi) is 3.43. The molecule has 0 spiro atoms. The highest BCUT2D eigenvalue weighted by atomic mass is 32.1. The van der Waals surface area contributed by atoms with Gasteiger partial charge in [0.2, 0.25) is 0 Å². The third-order valence-electron chi connectivity index (χ3n) is 3.50. The number of alkyl halides is 3. The van der Waals surface area contributed by atoms with Gasteiger partial charge in [0.15, 0.2) is 0 Å². The van der Waals surface area contributed by atoms with Crippen LogP contribution in [0.15, 0.2) is 18.2 Å². The quantitative estimate of drug-likeness (QED) is 0.926. The number of rotatable bonds is 2. The van der Waals surface area contributed by atoms with Crippen molar-refractivity contribution >= 4 is 21.6 Å². The van der Waals surface area contributed by atoms with Crippen LogP contribution in [0.2, 0.25) is 0 Å². The molecule has 7 heteroatoms. The molecule has 0 radical (unpaired) electrons. The molecule has 1 saturated heterocycles. The number of ether oxygens (including phenoxy) is 1. The lowest BCUT2D eigenvalue weighted by atomic mass is 10.1. The van der Waals surface area contributed by atoms with Gasteiger partial charge in [-0.15, -0.1) is 11.3 Å². The summed E-state index contributed by atoms with van der Waals surface area (Å²) in [6, 6.07) is 3.87. The van der Waals surface area contributed by atoms with Gasteiger partial charge in [0.1, 0.15) is 5.01 Å². The highest BCUT2D eigenvalue weighted by molar-refractivity contribution is 7.18. The van der Waals surface area contributed by atoms with Gasteiger partial charge in [0.25, 0.3) is 0 Å². The predicted octanol–water partition coefficient (Wildman–Crippen LogP) is 3.02. The van der Waals surface area contributed by atoms with Gasteiger partial charge in [-0.25, -0.2) is 4.98 Å². The van der Waals surface area contributed by atoms with Crippen LogP contribution in [0.5, 0.6) is 0 Å². The van der Waals surface area contributed by atoms with Gasteiger partial charge in [0, 0.05) is 6.04 Å². The first kappa shape index (κ1) is 13.8. The molecule has 1 aromatic heterocycles. The van der Waals surface area contributed by atoms with E-state index in [-0.39, 0.29) is 12.0 Å². The van der Waals surface area contributed by atoms with E-state index in [4.69, 9.17) is 4.74 Å². The van der Waals surface area contributed by atoms with E-state index in [2.05, 4.69) is 10.3 Å². The lowest BCUT2D eigenvalue weighted by Crippen LogP contribution is -2.30. The van der Waals surface area contributed by atoms with E-state index in [0.717, 1.165) is 21.8 Å². The van der Waals surface area contributed by atoms with Crippen LogP contribution in [-0.2, 0) is 10.9 Å². The number of nitrogens with zero attached hydrogens (tertiary/aromatic N) is 1. The highest BCUT2D eigenvalue weighted by Gasteiger charge is 2.33. The van der Waals surface area contributed by atoms with Crippen LogP contribution in [0, 0.1) is 0 Å². The third kappa shape index (κ3) is 2.41. The lowest BCUT2D eigenvalue weighted by molar-refractivity contribution is -0.137. The van der Waals surface area contributed by atoms with Crippen molar-refractivity contribution in [1.29, 1.82) is 0 Å². The first-order valence-electron chi connectivity index (χ1n) is 6.21. The molecule has 20 heavy (non-hydrogen) atoms. The minimum atomic E-state index is -4.33. The van der Waals surface area contributed by atoms with E-state index in [1.54, 1.807) is 0 Å². The Morgan fingerprint density at radius 3 is 2.85 bits per heavy atom. The number of thiazole rings is 1. The van der Waals surface area contributed by atoms with Crippen molar-refractivity contribution in [3.05, 3.63) is 28.8 Å². The molecule has 1 aliphatic heterocycles. The van der Waals surface area contributed by atoms with Crippen LogP contribution >= 0.6 is 11.3 Å². The van der Waals surface area contributed by atoms with Gasteiger partial charge in [-0.1, -0.05) is 0 Å². The Labute approximate surface area is 117 Å². The molecule has 2 heterocycles. The second kappa shape index (κ2) is 4.98. The maximum atomic E-state index is 12.7. The van der Waals surface area contributed by atoms with Crippen molar-refractivity contribution in [2.24, 2.45) is 0 Å². The van der Waals surface area contributed by atoms with Crippen molar-refractivity contribution in [2.75, 3.05) is 20.3 Å². The first-order valence-corrected chi connectivity index (χ1v) is 7.03. The molecule has 0 bridgehead atoms. The molecular formula is C13H13F3N2OS. The number of halogens is 3. The van der Waals surface area contributed by atoms with Crippen molar-refractivity contribution in [1.82, 2.24) is 10.3 Å². The molecule has 1 aliphatic rings. The first-order chi connectivity index (χ1) is 9.49. The molecule has 0 amide bonds.